The Kier molecular flexibility index (Phi) is 5.33. The van der Waals surface area contributed by atoms with Crippen LogP contribution in [0.4, 0.5) is 4.39 Å². The molecule has 0 saturated carbocycles. The van der Waals surface area contributed by atoms with E-state index in [1.165, 1.54) is 11.8 Å². The van der Waals surface area contributed by atoms with Crippen molar-refractivity contribution in [2.75, 3.05) is 19.8 Å². The Morgan fingerprint density at radius 2 is 1.88 bits per heavy atom. The second-order valence-corrected chi connectivity index (χ2v) is 7.73. The largest absolute Gasteiger partial charge is 0.465 e. The number of amidine groups is 1. The highest BCUT2D eigenvalue weighted by Gasteiger charge is 2.29. The standard InChI is InChI=1S/C25H22FN3O3/c26-24-18(2-1-9-29-24)17-4-6-23-20(13-17)21(14-31-25(27)28)19-12-16(3-5-22(19)32-23)15-7-10-30-11-8-15/h1-7,9,12-13,21H,8,10-11,14H2,(H3,27,28). The predicted molar refractivity (Wildman–Crippen MR) is 119 cm³/mol. The molecule has 32 heavy (non-hydrogen) atoms. The first-order valence-corrected chi connectivity index (χ1v) is 10.4. The number of nitrogens with zero attached hydrogens (tertiary/aromatic N) is 1. The summed E-state index contributed by atoms with van der Waals surface area (Å²) in [6.45, 7) is 1.46. The van der Waals surface area contributed by atoms with Crippen molar-refractivity contribution in [2.45, 2.75) is 12.3 Å². The molecule has 2 aliphatic rings. The van der Waals surface area contributed by atoms with Crippen molar-refractivity contribution in [1.82, 2.24) is 4.98 Å². The summed E-state index contributed by atoms with van der Waals surface area (Å²) < 4.78 is 31.4. The van der Waals surface area contributed by atoms with Gasteiger partial charge < -0.3 is 19.9 Å². The third-order valence-electron chi connectivity index (χ3n) is 5.80. The monoisotopic (exact) mass is 431 g/mol. The quantitative estimate of drug-likeness (QED) is 0.351. The van der Waals surface area contributed by atoms with E-state index in [2.05, 4.69) is 17.1 Å². The van der Waals surface area contributed by atoms with Gasteiger partial charge in [0.1, 0.15) is 18.1 Å². The molecule has 3 N–H and O–H groups in total. The van der Waals surface area contributed by atoms with E-state index in [-0.39, 0.29) is 18.5 Å². The SMILES string of the molecule is N=C(N)OCC1c2cc(C3=CCOCC3)ccc2Oc2ccc(-c3cccnc3F)cc21. The summed E-state index contributed by atoms with van der Waals surface area (Å²) >= 11 is 0. The van der Waals surface area contributed by atoms with E-state index < -0.39 is 5.95 Å². The molecular weight excluding hydrogens is 409 g/mol. The smallest absolute Gasteiger partial charge is 0.279 e. The van der Waals surface area contributed by atoms with Gasteiger partial charge in [-0.15, -0.1) is 0 Å². The first kappa shape index (κ1) is 20.2. The second kappa shape index (κ2) is 8.43. The average molecular weight is 431 g/mol. The first-order chi connectivity index (χ1) is 15.6. The molecule has 3 heterocycles. The molecule has 1 unspecified atom stereocenters. The maximum Gasteiger partial charge on any atom is 0.279 e. The van der Waals surface area contributed by atoms with Gasteiger partial charge in [-0.3, -0.25) is 5.41 Å². The van der Waals surface area contributed by atoms with Gasteiger partial charge in [-0.2, -0.15) is 4.39 Å². The molecule has 7 heteroatoms. The lowest BCUT2D eigenvalue weighted by molar-refractivity contribution is 0.161. The van der Waals surface area contributed by atoms with E-state index in [1.54, 1.807) is 12.1 Å². The van der Waals surface area contributed by atoms with Crippen LogP contribution in [0.3, 0.4) is 0 Å². The highest BCUT2D eigenvalue weighted by molar-refractivity contribution is 5.72. The molecule has 0 fully saturated rings. The summed E-state index contributed by atoms with van der Waals surface area (Å²) in [5.74, 6) is 0.625. The number of rotatable bonds is 4. The number of aromatic nitrogens is 1. The lowest BCUT2D eigenvalue weighted by atomic mass is 9.85. The van der Waals surface area contributed by atoms with Crippen molar-refractivity contribution in [1.29, 1.82) is 5.41 Å². The van der Waals surface area contributed by atoms with Crippen LogP contribution in [0.2, 0.25) is 0 Å². The normalized spacial score (nSPS) is 16.9. The highest BCUT2D eigenvalue weighted by Crippen LogP contribution is 2.46. The van der Waals surface area contributed by atoms with E-state index in [4.69, 9.17) is 25.4 Å². The predicted octanol–water partition coefficient (Wildman–Crippen LogP) is 4.84. The third kappa shape index (κ3) is 3.83. The van der Waals surface area contributed by atoms with Gasteiger partial charge in [0, 0.05) is 22.9 Å². The number of ether oxygens (including phenoxy) is 3. The van der Waals surface area contributed by atoms with Crippen LogP contribution in [0.15, 0.2) is 60.8 Å². The first-order valence-electron chi connectivity index (χ1n) is 10.4. The summed E-state index contributed by atoms with van der Waals surface area (Å²) in [6.07, 6.45) is 4.36. The minimum absolute atomic E-state index is 0.170. The third-order valence-corrected chi connectivity index (χ3v) is 5.80. The summed E-state index contributed by atoms with van der Waals surface area (Å²) in [4.78, 5) is 3.76. The van der Waals surface area contributed by atoms with E-state index in [9.17, 15) is 4.39 Å². The average Bonchev–Trinajstić information content (AvgIpc) is 2.82. The van der Waals surface area contributed by atoms with Gasteiger partial charge in [0.2, 0.25) is 5.95 Å². The molecule has 6 nitrogen and oxygen atoms in total. The molecule has 1 aromatic heterocycles. The molecule has 2 aliphatic heterocycles. The molecule has 3 aromatic rings. The van der Waals surface area contributed by atoms with Crippen molar-refractivity contribution in [2.24, 2.45) is 5.73 Å². The molecule has 0 spiro atoms. The van der Waals surface area contributed by atoms with Crippen LogP contribution in [-0.2, 0) is 9.47 Å². The van der Waals surface area contributed by atoms with Crippen molar-refractivity contribution < 1.29 is 18.6 Å². The van der Waals surface area contributed by atoms with E-state index in [0.29, 0.717) is 30.1 Å². The van der Waals surface area contributed by atoms with Crippen LogP contribution < -0.4 is 10.5 Å². The zero-order valence-corrected chi connectivity index (χ0v) is 17.3. The van der Waals surface area contributed by atoms with Crippen LogP contribution in [0.25, 0.3) is 16.7 Å². The fraction of sp³-hybridized carbons (Fsp3) is 0.200. The Morgan fingerprint density at radius 1 is 1.12 bits per heavy atom. The summed E-state index contributed by atoms with van der Waals surface area (Å²) in [5, 5.41) is 7.53. The molecule has 0 saturated heterocycles. The van der Waals surface area contributed by atoms with Gasteiger partial charge in [-0.05, 0) is 59.5 Å². The molecular formula is C25H22FN3O3. The van der Waals surface area contributed by atoms with Crippen molar-refractivity contribution >= 4 is 11.6 Å². The van der Waals surface area contributed by atoms with Gasteiger partial charge >= 0.3 is 0 Å². The maximum absolute atomic E-state index is 14.3. The van der Waals surface area contributed by atoms with Crippen LogP contribution in [-0.4, -0.2) is 30.8 Å². The number of nitrogens with one attached hydrogen (secondary N) is 1. The van der Waals surface area contributed by atoms with Crippen LogP contribution in [0.5, 0.6) is 11.5 Å². The van der Waals surface area contributed by atoms with Gasteiger partial charge in [0.05, 0.1) is 19.1 Å². The topological polar surface area (TPSA) is 90.5 Å². The number of nitrogens with two attached hydrogens (primary N) is 1. The molecule has 0 radical (unpaired) electrons. The number of halogens is 1. The van der Waals surface area contributed by atoms with E-state index in [1.807, 2.05) is 30.3 Å². The van der Waals surface area contributed by atoms with Crippen molar-refractivity contribution in [3.63, 3.8) is 0 Å². The molecule has 2 aromatic carbocycles. The fourth-order valence-corrected chi connectivity index (χ4v) is 4.22. The second-order valence-electron chi connectivity index (χ2n) is 7.73. The Hall–Kier alpha value is -3.71. The zero-order chi connectivity index (χ0) is 22.1. The zero-order valence-electron chi connectivity index (χ0n) is 17.3. The number of hydrogen-bond donors (Lipinski definition) is 2. The Balaban J connectivity index is 1.60. The molecule has 0 amide bonds. The number of fused-ring (bicyclic) bond motifs is 2. The van der Waals surface area contributed by atoms with E-state index >= 15 is 0 Å². The molecule has 162 valence electrons. The Labute approximate surface area is 185 Å². The number of pyridine rings is 1. The fourth-order valence-electron chi connectivity index (χ4n) is 4.22. The van der Waals surface area contributed by atoms with Gasteiger partial charge in [0.15, 0.2) is 0 Å². The summed E-state index contributed by atoms with van der Waals surface area (Å²) in [6, 6.07) is 14.7. The minimum atomic E-state index is -0.533. The van der Waals surface area contributed by atoms with Crippen molar-refractivity contribution in [3.8, 4) is 22.6 Å². The van der Waals surface area contributed by atoms with Crippen LogP contribution >= 0.6 is 0 Å². The highest BCUT2D eigenvalue weighted by atomic mass is 19.1. The molecule has 0 aliphatic carbocycles. The van der Waals surface area contributed by atoms with Gasteiger partial charge in [-0.1, -0.05) is 18.2 Å². The number of hydrogen-bond acceptors (Lipinski definition) is 5. The minimum Gasteiger partial charge on any atom is -0.465 e. The summed E-state index contributed by atoms with van der Waals surface area (Å²) in [7, 11) is 0. The van der Waals surface area contributed by atoms with Crippen molar-refractivity contribution in [3.05, 3.63) is 83.4 Å². The molecule has 5 rings (SSSR count). The lowest BCUT2D eigenvalue weighted by Gasteiger charge is -2.29. The van der Waals surface area contributed by atoms with Crippen LogP contribution in [0, 0.1) is 11.4 Å². The number of benzene rings is 2. The van der Waals surface area contributed by atoms with Gasteiger partial charge in [0.25, 0.3) is 6.02 Å². The Bertz CT molecular complexity index is 1220. The summed E-state index contributed by atoms with van der Waals surface area (Å²) in [5.41, 5.74) is 10.7. The van der Waals surface area contributed by atoms with Crippen LogP contribution in [0.1, 0.15) is 29.0 Å². The lowest BCUT2D eigenvalue weighted by Crippen LogP contribution is -2.22. The Morgan fingerprint density at radius 3 is 2.56 bits per heavy atom. The maximum atomic E-state index is 14.3. The molecule has 1 atom stereocenters. The van der Waals surface area contributed by atoms with Gasteiger partial charge in [-0.25, -0.2) is 4.98 Å². The van der Waals surface area contributed by atoms with E-state index in [0.717, 1.165) is 28.9 Å². The molecule has 0 bridgehead atoms.